The summed E-state index contributed by atoms with van der Waals surface area (Å²) >= 11 is 0. The number of unbranched alkanes of at least 4 members (excludes halogenated alkanes) is 58. The molecule has 0 aromatic heterocycles. The first kappa shape index (κ1) is 88.2. The largest absolute Gasteiger partial charge is 0.472 e. The zero-order valence-electron chi connectivity index (χ0n) is 60.2. The van der Waals surface area contributed by atoms with Gasteiger partial charge in [-0.25, -0.2) is 4.57 Å². The third-order valence-corrected chi connectivity index (χ3v) is 19.3. The van der Waals surface area contributed by atoms with E-state index in [0.717, 1.165) is 51.4 Å². The molecule has 0 aliphatic heterocycles. The van der Waals surface area contributed by atoms with Gasteiger partial charge in [-0.1, -0.05) is 403 Å². The third-order valence-electron chi connectivity index (χ3n) is 18.3. The Balaban J connectivity index is 3.73. The molecular formula is C80H154NO8P. The lowest BCUT2D eigenvalue weighted by Gasteiger charge is -2.19. The van der Waals surface area contributed by atoms with Gasteiger partial charge in [0.1, 0.15) is 6.61 Å². The number of hydrogen-bond acceptors (Lipinski definition) is 8. The number of carbonyl (C=O) groups excluding carboxylic acids is 2. The van der Waals surface area contributed by atoms with Crippen LogP contribution in [0.4, 0.5) is 0 Å². The van der Waals surface area contributed by atoms with Gasteiger partial charge in [-0.3, -0.25) is 18.6 Å². The first-order chi connectivity index (χ1) is 44.3. The molecule has 0 bridgehead atoms. The number of allylic oxidation sites excluding steroid dienone is 6. The van der Waals surface area contributed by atoms with E-state index in [1.807, 2.05) is 0 Å². The first-order valence-electron chi connectivity index (χ1n) is 40.0. The summed E-state index contributed by atoms with van der Waals surface area (Å²) in [6.45, 7) is 3.81. The minimum absolute atomic E-state index is 0.0554. The number of phosphoric ester groups is 1. The highest BCUT2D eigenvalue weighted by Gasteiger charge is 2.26. The summed E-state index contributed by atoms with van der Waals surface area (Å²) in [7, 11) is -4.39. The summed E-state index contributed by atoms with van der Waals surface area (Å²) in [5.74, 6) is -0.805. The third kappa shape index (κ3) is 75.3. The molecule has 0 aromatic carbocycles. The number of carbonyl (C=O) groups is 2. The van der Waals surface area contributed by atoms with Crippen molar-refractivity contribution in [2.75, 3.05) is 26.4 Å². The number of nitrogens with two attached hydrogens (primary N) is 1. The van der Waals surface area contributed by atoms with Gasteiger partial charge in [0.2, 0.25) is 0 Å². The Morgan fingerprint density at radius 2 is 0.578 bits per heavy atom. The van der Waals surface area contributed by atoms with Crippen molar-refractivity contribution in [3.8, 4) is 0 Å². The topological polar surface area (TPSA) is 134 Å². The molecule has 0 rings (SSSR count). The molecule has 0 aliphatic carbocycles. The maximum atomic E-state index is 12.8. The summed E-state index contributed by atoms with van der Waals surface area (Å²) in [6, 6.07) is 0. The van der Waals surface area contributed by atoms with Gasteiger partial charge in [0, 0.05) is 19.4 Å². The van der Waals surface area contributed by atoms with E-state index < -0.39 is 26.5 Å². The molecule has 0 fully saturated rings. The fourth-order valence-corrected chi connectivity index (χ4v) is 13.1. The van der Waals surface area contributed by atoms with Gasteiger partial charge >= 0.3 is 19.8 Å². The quantitative estimate of drug-likeness (QED) is 0.0264. The molecule has 532 valence electrons. The lowest BCUT2D eigenvalue weighted by atomic mass is 10.0. The van der Waals surface area contributed by atoms with Crippen LogP contribution in [-0.4, -0.2) is 49.3 Å². The van der Waals surface area contributed by atoms with Gasteiger partial charge in [0.05, 0.1) is 13.2 Å². The van der Waals surface area contributed by atoms with E-state index in [2.05, 4.69) is 50.3 Å². The highest BCUT2D eigenvalue weighted by molar-refractivity contribution is 7.47. The maximum absolute atomic E-state index is 12.8. The SMILES string of the molecule is CCCCCCC/C=C\C/C=C\C/C=C\CCCCCCCCCCCCCCCCC(=O)OC(COC(=O)CCCCCCCCCCCCCCCCCCCCCCCCCCCCCCCCCCCCCCCCCC)COP(=O)(O)OCCN. The summed E-state index contributed by atoms with van der Waals surface area (Å²) in [4.78, 5) is 35.4. The van der Waals surface area contributed by atoms with E-state index in [-0.39, 0.29) is 38.6 Å². The summed E-state index contributed by atoms with van der Waals surface area (Å²) in [6.07, 6.45) is 97.2. The summed E-state index contributed by atoms with van der Waals surface area (Å²) in [5, 5.41) is 0. The monoisotopic (exact) mass is 1290 g/mol. The smallest absolute Gasteiger partial charge is 0.462 e. The van der Waals surface area contributed by atoms with E-state index in [1.165, 1.54) is 347 Å². The van der Waals surface area contributed by atoms with E-state index >= 15 is 0 Å². The molecule has 0 radical (unpaired) electrons. The van der Waals surface area contributed by atoms with Crippen molar-refractivity contribution in [3.05, 3.63) is 36.5 Å². The fourth-order valence-electron chi connectivity index (χ4n) is 12.4. The Hall–Kier alpha value is -1.77. The standard InChI is InChI=1S/C80H154NO8P/c1-3-5-7-9-11-13-15-17-19-21-23-25-27-29-31-33-34-35-36-37-38-39-40-41-42-43-45-46-48-50-52-54-56-58-60-62-64-66-68-70-72-79(82)86-76-78(77-88-90(84,85)87-75-74-81)89-80(83)73-71-69-67-65-63-61-59-57-55-53-51-49-47-44-32-30-28-26-24-22-20-18-16-14-12-10-8-6-4-2/h16,18,22,24,28,30,78H,3-15,17,19-21,23,25-27,29,31-77,81H2,1-2H3,(H,84,85)/b18-16-,24-22-,30-28-. The van der Waals surface area contributed by atoms with Gasteiger partial charge in [-0.2, -0.15) is 0 Å². The zero-order valence-corrected chi connectivity index (χ0v) is 61.1. The number of ether oxygens (including phenoxy) is 2. The fraction of sp³-hybridized carbons (Fsp3) is 0.900. The Labute approximate surface area is 560 Å². The predicted molar refractivity (Wildman–Crippen MR) is 390 cm³/mol. The van der Waals surface area contributed by atoms with Crippen LogP contribution in [0, 0.1) is 0 Å². The van der Waals surface area contributed by atoms with Crippen LogP contribution < -0.4 is 5.73 Å². The Morgan fingerprint density at radius 1 is 0.333 bits per heavy atom. The van der Waals surface area contributed by atoms with E-state index in [0.29, 0.717) is 6.42 Å². The lowest BCUT2D eigenvalue weighted by Crippen LogP contribution is -2.29. The second-order valence-corrected chi connectivity index (χ2v) is 28.8. The van der Waals surface area contributed by atoms with Crippen molar-refractivity contribution >= 4 is 19.8 Å². The molecule has 9 nitrogen and oxygen atoms in total. The van der Waals surface area contributed by atoms with E-state index in [4.69, 9.17) is 24.3 Å². The molecule has 0 saturated carbocycles. The second-order valence-electron chi connectivity index (χ2n) is 27.3. The van der Waals surface area contributed by atoms with Crippen LogP contribution in [0.15, 0.2) is 36.5 Å². The van der Waals surface area contributed by atoms with Crippen LogP contribution in [0.2, 0.25) is 0 Å². The van der Waals surface area contributed by atoms with Crippen LogP contribution >= 0.6 is 7.82 Å². The maximum Gasteiger partial charge on any atom is 0.472 e. The van der Waals surface area contributed by atoms with E-state index in [1.54, 1.807) is 0 Å². The molecule has 0 aromatic rings. The minimum Gasteiger partial charge on any atom is -0.462 e. The van der Waals surface area contributed by atoms with Crippen molar-refractivity contribution in [1.29, 1.82) is 0 Å². The van der Waals surface area contributed by atoms with E-state index in [9.17, 15) is 19.0 Å². The highest BCUT2D eigenvalue weighted by Crippen LogP contribution is 2.43. The number of esters is 2. The molecule has 2 atom stereocenters. The van der Waals surface area contributed by atoms with Crippen LogP contribution in [-0.2, 0) is 32.7 Å². The number of rotatable bonds is 77. The number of phosphoric acid groups is 1. The van der Waals surface area contributed by atoms with Gasteiger partial charge in [0.15, 0.2) is 6.10 Å². The normalized spacial score (nSPS) is 13.0. The zero-order chi connectivity index (χ0) is 65.1. The average Bonchev–Trinajstić information content (AvgIpc) is 3.75. The molecule has 0 heterocycles. The van der Waals surface area contributed by atoms with Crippen molar-refractivity contribution in [3.63, 3.8) is 0 Å². The molecule has 90 heavy (non-hydrogen) atoms. The summed E-state index contributed by atoms with van der Waals surface area (Å²) < 4.78 is 33.3. The Bertz CT molecular complexity index is 1570. The summed E-state index contributed by atoms with van der Waals surface area (Å²) in [5.41, 5.74) is 5.41. The minimum atomic E-state index is -4.39. The lowest BCUT2D eigenvalue weighted by molar-refractivity contribution is -0.161. The molecule has 0 spiro atoms. The van der Waals surface area contributed by atoms with Gasteiger partial charge in [-0.15, -0.1) is 0 Å². The highest BCUT2D eigenvalue weighted by atomic mass is 31.2. The van der Waals surface area contributed by atoms with Gasteiger partial charge < -0.3 is 20.1 Å². The molecule has 0 saturated heterocycles. The van der Waals surface area contributed by atoms with Crippen molar-refractivity contribution < 1.29 is 37.6 Å². The number of hydrogen-bond donors (Lipinski definition) is 2. The van der Waals surface area contributed by atoms with Crippen molar-refractivity contribution in [1.82, 2.24) is 0 Å². The van der Waals surface area contributed by atoms with Gasteiger partial charge in [0.25, 0.3) is 0 Å². The predicted octanol–water partition coefficient (Wildman–Crippen LogP) is 26.6. The Kier molecular flexibility index (Phi) is 74.8. The Morgan fingerprint density at radius 3 is 0.856 bits per heavy atom. The second kappa shape index (κ2) is 76.2. The van der Waals surface area contributed by atoms with Crippen molar-refractivity contribution in [2.24, 2.45) is 5.73 Å². The first-order valence-corrected chi connectivity index (χ1v) is 41.5. The molecule has 0 amide bonds. The molecular weight excluding hydrogens is 1130 g/mol. The average molecular weight is 1290 g/mol. The van der Waals surface area contributed by atoms with Crippen LogP contribution in [0.1, 0.15) is 431 Å². The molecule has 10 heteroatoms. The van der Waals surface area contributed by atoms with Crippen molar-refractivity contribution in [2.45, 2.75) is 437 Å². The molecule has 3 N–H and O–H groups in total. The van der Waals surface area contributed by atoms with Crippen LogP contribution in [0.5, 0.6) is 0 Å². The van der Waals surface area contributed by atoms with Crippen LogP contribution in [0.25, 0.3) is 0 Å². The van der Waals surface area contributed by atoms with Crippen LogP contribution in [0.3, 0.4) is 0 Å². The van der Waals surface area contributed by atoms with Gasteiger partial charge in [-0.05, 0) is 51.4 Å². The molecule has 2 unspecified atom stereocenters. The molecule has 0 aliphatic rings.